The van der Waals surface area contributed by atoms with Crippen molar-refractivity contribution in [3.63, 3.8) is 0 Å². The van der Waals surface area contributed by atoms with E-state index in [0.717, 1.165) is 17.0 Å². The Morgan fingerprint density at radius 3 is 2.42 bits per heavy atom. The average Bonchev–Trinajstić information content (AvgIpc) is 3.03. The van der Waals surface area contributed by atoms with Crippen LogP contribution in [-0.4, -0.2) is 45.6 Å². The van der Waals surface area contributed by atoms with E-state index in [0.29, 0.717) is 15.8 Å². The lowest BCUT2D eigenvalue weighted by Crippen LogP contribution is -2.23. The Morgan fingerprint density at radius 1 is 1.16 bits per heavy atom. The molecule has 164 valence electrons. The number of benzene rings is 2. The number of anilines is 1. The second kappa shape index (κ2) is 9.00. The predicted octanol–water partition coefficient (Wildman–Crippen LogP) is 1.72. The molecule has 3 rings (SSSR count). The Hall–Kier alpha value is -3.02. The number of carbonyl (C=O) groups excluding carboxylic acids is 2. The number of aromatic nitrogens is 1. The molecule has 31 heavy (non-hydrogen) atoms. The molecule has 1 heterocycles. The topological polar surface area (TPSA) is 124 Å². The van der Waals surface area contributed by atoms with E-state index in [1.54, 1.807) is 31.2 Å². The highest BCUT2D eigenvalue weighted by atomic mass is 32.2. The fourth-order valence-electron chi connectivity index (χ4n) is 2.86. The van der Waals surface area contributed by atoms with Gasteiger partial charge in [-0.3, -0.25) is 9.59 Å². The van der Waals surface area contributed by atoms with Gasteiger partial charge in [-0.25, -0.2) is 13.6 Å². The molecule has 0 aliphatic carbocycles. The van der Waals surface area contributed by atoms with Crippen molar-refractivity contribution in [2.75, 3.05) is 25.6 Å². The van der Waals surface area contributed by atoms with Crippen LogP contribution in [0.25, 0.3) is 10.2 Å². The summed E-state index contributed by atoms with van der Waals surface area (Å²) in [7, 11) is -0.112. The van der Waals surface area contributed by atoms with Crippen molar-refractivity contribution in [3.8, 4) is 0 Å². The number of nitrogens with zero attached hydrogens (tertiary/aromatic N) is 3. The first-order valence-electron chi connectivity index (χ1n) is 9.28. The van der Waals surface area contributed by atoms with Crippen LogP contribution in [0.2, 0.25) is 0 Å². The molecule has 9 nitrogen and oxygen atoms in total. The van der Waals surface area contributed by atoms with Gasteiger partial charge in [0.2, 0.25) is 10.0 Å². The summed E-state index contributed by atoms with van der Waals surface area (Å²) in [6.07, 6.45) is 0. The molecule has 11 heteroatoms. The summed E-state index contributed by atoms with van der Waals surface area (Å²) in [5.41, 5.74) is 1.86. The van der Waals surface area contributed by atoms with Gasteiger partial charge in [0.15, 0.2) is 4.80 Å². The van der Waals surface area contributed by atoms with Crippen LogP contribution in [0.1, 0.15) is 17.3 Å². The van der Waals surface area contributed by atoms with Crippen LogP contribution in [0.3, 0.4) is 0 Å². The van der Waals surface area contributed by atoms with Crippen molar-refractivity contribution < 1.29 is 22.7 Å². The van der Waals surface area contributed by atoms with Crippen LogP contribution in [0.15, 0.2) is 52.4 Å². The third-order valence-electron chi connectivity index (χ3n) is 4.40. The predicted molar refractivity (Wildman–Crippen MR) is 118 cm³/mol. The standard InChI is InChI=1S/C20H22N4O5S2/c1-4-29-18(25)12-24-16-10-9-15(31(21,27)28)11-17(16)30-20(24)22-19(26)13-5-7-14(8-6-13)23(2)3/h5-11H,4,12H2,1-3H3,(H2,21,27,28). The molecule has 0 aliphatic heterocycles. The van der Waals surface area contributed by atoms with E-state index in [2.05, 4.69) is 4.99 Å². The molecule has 3 aromatic rings. The number of ether oxygens (including phenoxy) is 1. The summed E-state index contributed by atoms with van der Waals surface area (Å²) in [5, 5.41) is 5.22. The quantitative estimate of drug-likeness (QED) is 0.556. The van der Waals surface area contributed by atoms with Crippen molar-refractivity contribution in [1.29, 1.82) is 0 Å². The first-order chi connectivity index (χ1) is 14.6. The molecule has 2 aromatic carbocycles. The first kappa shape index (κ1) is 22.7. The SMILES string of the molecule is CCOC(=O)Cn1c(=NC(=O)c2ccc(N(C)C)cc2)sc2cc(S(N)(=O)=O)ccc21. The lowest BCUT2D eigenvalue weighted by Gasteiger charge is -2.11. The maximum atomic E-state index is 12.7. The minimum atomic E-state index is -3.90. The van der Waals surface area contributed by atoms with Crippen LogP contribution in [0.4, 0.5) is 5.69 Å². The number of hydrogen-bond acceptors (Lipinski definition) is 7. The van der Waals surface area contributed by atoms with E-state index in [4.69, 9.17) is 9.88 Å². The fourth-order valence-corrected chi connectivity index (χ4v) is 4.54. The maximum Gasteiger partial charge on any atom is 0.326 e. The minimum absolute atomic E-state index is 0.0679. The second-order valence-corrected chi connectivity index (χ2v) is 9.38. The van der Waals surface area contributed by atoms with E-state index < -0.39 is 21.9 Å². The van der Waals surface area contributed by atoms with Crippen molar-refractivity contribution in [3.05, 3.63) is 52.8 Å². The minimum Gasteiger partial charge on any atom is -0.465 e. The molecule has 0 unspecified atom stereocenters. The van der Waals surface area contributed by atoms with Gasteiger partial charge < -0.3 is 14.2 Å². The molecule has 0 spiro atoms. The van der Waals surface area contributed by atoms with Crippen molar-refractivity contribution in [2.45, 2.75) is 18.4 Å². The number of primary sulfonamides is 1. The largest absolute Gasteiger partial charge is 0.465 e. The van der Waals surface area contributed by atoms with Gasteiger partial charge in [-0.05, 0) is 49.4 Å². The Balaban J connectivity index is 2.11. The lowest BCUT2D eigenvalue weighted by molar-refractivity contribution is -0.143. The Kier molecular flexibility index (Phi) is 6.58. The molecule has 0 fully saturated rings. The Morgan fingerprint density at radius 2 is 1.84 bits per heavy atom. The Labute approximate surface area is 183 Å². The number of nitrogens with two attached hydrogens (primary N) is 1. The molecule has 0 aliphatic rings. The summed E-state index contributed by atoms with van der Waals surface area (Å²) < 4.78 is 30.4. The van der Waals surface area contributed by atoms with Crippen molar-refractivity contribution in [1.82, 2.24) is 4.57 Å². The number of fused-ring (bicyclic) bond motifs is 1. The molecule has 2 N–H and O–H groups in total. The van der Waals surface area contributed by atoms with E-state index in [1.165, 1.54) is 22.8 Å². The zero-order valence-corrected chi connectivity index (χ0v) is 18.9. The number of rotatable bonds is 6. The van der Waals surface area contributed by atoms with Gasteiger partial charge in [0.1, 0.15) is 6.54 Å². The van der Waals surface area contributed by atoms with Gasteiger partial charge in [0.25, 0.3) is 5.91 Å². The second-order valence-electron chi connectivity index (χ2n) is 6.81. The molecule has 1 aromatic heterocycles. The third-order valence-corrected chi connectivity index (χ3v) is 6.36. The van der Waals surface area contributed by atoms with Crippen LogP contribution in [0.5, 0.6) is 0 Å². The zero-order chi connectivity index (χ0) is 22.8. The molecular weight excluding hydrogens is 440 g/mol. The molecule has 0 radical (unpaired) electrons. The number of carbonyl (C=O) groups is 2. The van der Waals surface area contributed by atoms with Gasteiger partial charge >= 0.3 is 5.97 Å². The average molecular weight is 463 g/mol. The smallest absolute Gasteiger partial charge is 0.326 e. The fraction of sp³-hybridized carbons (Fsp3) is 0.250. The summed E-state index contributed by atoms with van der Waals surface area (Å²) >= 11 is 1.08. The van der Waals surface area contributed by atoms with Crippen LogP contribution >= 0.6 is 11.3 Å². The molecule has 1 amide bonds. The summed E-state index contributed by atoms with van der Waals surface area (Å²) in [6.45, 7) is 1.73. The van der Waals surface area contributed by atoms with Crippen molar-refractivity contribution >= 4 is 49.1 Å². The van der Waals surface area contributed by atoms with Crippen LogP contribution in [0, 0.1) is 0 Å². The highest BCUT2D eigenvalue weighted by molar-refractivity contribution is 7.89. The zero-order valence-electron chi connectivity index (χ0n) is 17.2. The summed E-state index contributed by atoms with van der Waals surface area (Å²) in [5.74, 6) is -0.983. The van der Waals surface area contributed by atoms with Crippen molar-refractivity contribution in [2.24, 2.45) is 10.1 Å². The van der Waals surface area contributed by atoms with Gasteiger partial charge in [0, 0.05) is 25.3 Å². The van der Waals surface area contributed by atoms with Crippen LogP contribution < -0.4 is 14.8 Å². The number of sulfonamides is 1. The van der Waals surface area contributed by atoms with E-state index in [-0.39, 0.29) is 22.8 Å². The number of esters is 1. The molecule has 0 saturated carbocycles. The number of hydrogen-bond donors (Lipinski definition) is 1. The molecule has 0 atom stereocenters. The summed E-state index contributed by atoms with van der Waals surface area (Å²) in [6, 6.07) is 11.2. The first-order valence-corrected chi connectivity index (χ1v) is 11.6. The summed E-state index contributed by atoms with van der Waals surface area (Å²) in [4.78, 5) is 31.1. The van der Waals surface area contributed by atoms with Gasteiger partial charge in [-0.2, -0.15) is 4.99 Å². The molecule has 0 bridgehead atoms. The highest BCUT2D eigenvalue weighted by Gasteiger charge is 2.16. The maximum absolute atomic E-state index is 12.7. The van der Waals surface area contributed by atoms with E-state index in [9.17, 15) is 18.0 Å². The number of amides is 1. The normalized spacial score (nSPS) is 12.2. The monoisotopic (exact) mass is 462 g/mol. The third kappa shape index (κ3) is 5.19. The molecule has 0 saturated heterocycles. The lowest BCUT2D eigenvalue weighted by atomic mass is 10.2. The molecular formula is C20H22N4O5S2. The van der Waals surface area contributed by atoms with E-state index in [1.807, 2.05) is 19.0 Å². The highest BCUT2D eigenvalue weighted by Crippen LogP contribution is 2.22. The van der Waals surface area contributed by atoms with Gasteiger partial charge in [-0.1, -0.05) is 11.3 Å². The Bertz CT molecular complexity index is 1310. The van der Waals surface area contributed by atoms with Gasteiger partial charge in [-0.15, -0.1) is 0 Å². The van der Waals surface area contributed by atoms with E-state index >= 15 is 0 Å². The number of thiazole rings is 1. The van der Waals surface area contributed by atoms with Gasteiger partial charge in [0.05, 0.1) is 21.7 Å². The van der Waals surface area contributed by atoms with Crippen LogP contribution in [-0.2, 0) is 26.1 Å².